The molecule has 26 heavy (non-hydrogen) atoms. The predicted octanol–water partition coefficient (Wildman–Crippen LogP) is 2.84. The first-order valence-electron chi connectivity index (χ1n) is 7.72. The lowest BCUT2D eigenvalue weighted by molar-refractivity contribution is -0.119. The number of amides is 2. The van der Waals surface area contributed by atoms with Gasteiger partial charge >= 0.3 is 0 Å². The van der Waals surface area contributed by atoms with Crippen molar-refractivity contribution in [2.45, 2.75) is 6.42 Å². The lowest BCUT2D eigenvalue weighted by atomic mass is 10.1. The highest BCUT2D eigenvalue weighted by Crippen LogP contribution is 2.28. The average Bonchev–Trinajstić information content (AvgIpc) is 2.61. The molecule has 0 aliphatic carbocycles. The smallest absolute Gasteiger partial charge is 0.255 e. The van der Waals surface area contributed by atoms with E-state index in [1.807, 2.05) is 6.07 Å². The van der Waals surface area contributed by atoms with Crippen LogP contribution in [0.15, 0.2) is 36.4 Å². The molecular weight excluding hydrogens is 379 g/mol. The van der Waals surface area contributed by atoms with Crippen molar-refractivity contribution in [2.24, 2.45) is 5.73 Å². The third-order valence-electron chi connectivity index (χ3n) is 3.49. The Morgan fingerprint density at radius 3 is 2.54 bits per heavy atom. The Bertz CT molecular complexity index is 812. The molecule has 0 unspecified atom stereocenters. The molecule has 0 atom stereocenters. The highest BCUT2D eigenvalue weighted by molar-refractivity contribution is 6.35. The number of halogens is 2. The van der Waals surface area contributed by atoms with E-state index in [1.54, 1.807) is 24.3 Å². The summed E-state index contributed by atoms with van der Waals surface area (Å²) < 4.78 is 10.4. The average molecular weight is 397 g/mol. The number of methoxy groups -OCH3 is 1. The molecule has 0 aromatic heterocycles. The van der Waals surface area contributed by atoms with Gasteiger partial charge in [-0.2, -0.15) is 0 Å². The van der Waals surface area contributed by atoms with Crippen LogP contribution in [-0.2, 0) is 11.2 Å². The van der Waals surface area contributed by atoms with Gasteiger partial charge in [-0.05, 0) is 42.3 Å². The van der Waals surface area contributed by atoms with E-state index in [0.717, 1.165) is 5.56 Å². The zero-order valence-electron chi connectivity index (χ0n) is 14.1. The largest absolute Gasteiger partial charge is 0.493 e. The molecule has 2 aromatic carbocycles. The van der Waals surface area contributed by atoms with E-state index in [9.17, 15) is 9.59 Å². The van der Waals surface area contributed by atoms with Gasteiger partial charge in [0.25, 0.3) is 11.8 Å². The van der Waals surface area contributed by atoms with Crippen LogP contribution >= 0.6 is 23.2 Å². The van der Waals surface area contributed by atoms with Crippen LogP contribution in [0.5, 0.6) is 11.5 Å². The van der Waals surface area contributed by atoms with Gasteiger partial charge in [0.15, 0.2) is 18.1 Å². The maximum absolute atomic E-state index is 12.3. The quantitative estimate of drug-likeness (QED) is 0.717. The Balaban J connectivity index is 1.97. The number of nitrogens with one attached hydrogen (secondary N) is 1. The summed E-state index contributed by atoms with van der Waals surface area (Å²) in [4.78, 5) is 23.1. The molecule has 0 spiro atoms. The van der Waals surface area contributed by atoms with Crippen LogP contribution in [0.25, 0.3) is 0 Å². The summed E-state index contributed by atoms with van der Waals surface area (Å²) in [6.07, 6.45) is 0.568. The monoisotopic (exact) mass is 396 g/mol. The molecule has 0 radical (unpaired) electrons. The minimum atomic E-state index is -0.602. The van der Waals surface area contributed by atoms with Crippen molar-refractivity contribution < 1.29 is 19.1 Å². The van der Waals surface area contributed by atoms with Gasteiger partial charge in [0.1, 0.15) is 0 Å². The Morgan fingerprint density at radius 1 is 1.12 bits per heavy atom. The number of primary amides is 1. The summed E-state index contributed by atoms with van der Waals surface area (Å²) >= 11 is 12.0. The minimum absolute atomic E-state index is 0.269. The van der Waals surface area contributed by atoms with Crippen molar-refractivity contribution in [3.8, 4) is 11.5 Å². The van der Waals surface area contributed by atoms with Crippen LogP contribution in [0.4, 0.5) is 0 Å². The van der Waals surface area contributed by atoms with Gasteiger partial charge < -0.3 is 20.5 Å². The van der Waals surface area contributed by atoms with Gasteiger partial charge in [0, 0.05) is 22.2 Å². The normalized spacial score (nSPS) is 10.3. The van der Waals surface area contributed by atoms with Gasteiger partial charge in [0.2, 0.25) is 0 Å². The molecule has 0 heterocycles. The number of nitrogens with two attached hydrogens (primary N) is 1. The highest BCUT2D eigenvalue weighted by Gasteiger charge is 2.12. The standard InChI is InChI=1S/C18H18Cl2N2O4/c1-25-16-8-12(3-5-15(16)26-10-17(21)23)18(24)22-7-6-11-2-4-13(19)9-14(11)20/h2-5,8-9H,6-7,10H2,1H3,(H2,21,23)(H,22,24). The zero-order chi connectivity index (χ0) is 19.1. The van der Waals surface area contributed by atoms with Crippen molar-refractivity contribution in [3.63, 3.8) is 0 Å². The van der Waals surface area contributed by atoms with Crippen LogP contribution in [0.2, 0.25) is 10.0 Å². The Labute approximate surface area is 161 Å². The molecule has 2 rings (SSSR count). The lowest BCUT2D eigenvalue weighted by Crippen LogP contribution is -2.25. The molecule has 6 nitrogen and oxygen atoms in total. The summed E-state index contributed by atoms with van der Waals surface area (Å²) in [7, 11) is 1.44. The molecule has 0 aliphatic rings. The first-order valence-corrected chi connectivity index (χ1v) is 8.47. The second-order valence-electron chi connectivity index (χ2n) is 5.36. The van der Waals surface area contributed by atoms with Crippen LogP contribution in [0, 0.1) is 0 Å². The molecule has 3 N–H and O–H groups in total. The number of benzene rings is 2. The molecule has 0 aliphatic heterocycles. The van der Waals surface area contributed by atoms with Crippen LogP contribution in [0.1, 0.15) is 15.9 Å². The van der Waals surface area contributed by atoms with Crippen molar-refractivity contribution >= 4 is 35.0 Å². The first kappa shape index (κ1) is 19.9. The number of hydrogen-bond donors (Lipinski definition) is 2. The first-order chi connectivity index (χ1) is 12.4. The number of rotatable bonds is 8. The Kier molecular flexibility index (Phi) is 7.12. The summed E-state index contributed by atoms with van der Waals surface area (Å²) in [5.41, 5.74) is 6.34. The van der Waals surface area contributed by atoms with Crippen LogP contribution in [0.3, 0.4) is 0 Å². The molecule has 0 fully saturated rings. The predicted molar refractivity (Wildman–Crippen MR) is 100 cm³/mol. The SMILES string of the molecule is COc1cc(C(=O)NCCc2ccc(Cl)cc2Cl)ccc1OCC(N)=O. The van der Waals surface area contributed by atoms with Gasteiger partial charge in [-0.15, -0.1) is 0 Å². The van der Waals surface area contributed by atoms with E-state index in [0.29, 0.717) is 40.1 Å². The topological polar surface area (TPSA) is 90.7 Å². The summed E-state index contributed by atoms with van der Waals surface area (Å²) in [6.45, 7) is 0.131. The lowest BCUT2D eigenvalue weighted by Gasteiger charge is -2.11. The molecular formula is C18H18Cl2N2O4. The Morgan fingerprint density at radius 2 is 1.88 bits per heavy atom. The van der Waals surface area contributed by atoms with Crippen molar-refractivity contribution in [2.75, 3.05) is 20.3 Å². The fraction of sp³-hybridized carbons (Fsp3) is 0.222. The maximum atomic E-state index is 12.3. The molecule has 0 saturated carbocycles. The highest BCUT2D eigenvalue weighted by atomic mass is 35.5. The second kappa shape index (κ2) is 9.31. The number of ether oxygens (including phenoxy) is 2. The molecule has 138 valence electrons. The van der Waals surface area contributed by atoms with Crippen LogP contribution in [-0.4, -0.2) is 32.1 Å². The van der Waals surface area contributed by atoms with E-state index in [4.69, 9.17) is 38.4 Å². The molecule has 2 aromatic rings. The maximum Gasteiger partial charge on any atom is 0.255 e. The van der Waals surface area contributed by atoms with Gasteiger partial charge in [-0.1, -0.05) is 29.3 Å². The molecule has 8 heteroatoms. The fourth-order valence-electron chi connectivity index (χ4n) is 2.21. The minimum Gasteiger partial charge on any atom is -0.493 e. The van der Waals surface area contributed by atoms with Gasteiger partial charge in [-0.25, -0.2) is 0 Å². The van der Waals surface area contributed by atoms with Crippen molar-refractivity contribution in [1.29, 1.82) is 0 Å². The number of carbonyl (C=O) groups is 2. The summed E-state index contributed by atoms with van der Waals surface area (Å²) in [5, 5.41) is 3.93. The van der Waals surface area contributed by atoms with E-state index in [2.05, 4.69) is 5.32 Å². The second-order valence-corrected chi connectivity index (χ2v) is 6.21. The third kappa shape index (κ3) is 5.54. The third-order valence-corrected chi connectivity index (χ3v) is 4.08. The van der Waals surface area contributed by atoms with E-state index < -0.39 is 5.91 Å². The molecule has 0 bridgehead atoms. The van der Waals surface area contributed by atoms with E-state index >= 15 is 0 Å². The molecule has 0 saturated heterocycles. The van der Waals surface area contributed by atoms with E-state index in [1.165, 1.54) is 13.2 Å². The van der Waals surface area contributed by atoms with Gasteiger partial charge in [0.05, 0.1) is 7.11 Å². The number of hydrogen-bond acceptors (Lipinski definition) is 4. The fourth-order valence-corrected chi connectivity index (χ4v) is 2.72. The van der Waals surface area contributed by atoms with E-state index in [-0.39, 0.29) is 12.5 Å². The zero-order valence-corrected chi connectivity index (χ0v) is 15.6. The summed E-state index contributed by atoms with van der Waals surface area (Å²) in [6, 6.07) is 9.89. The van der Waals surface area contributed by atoms with Crippen LogP contribution < -0.4 is 20.5 Å². The van der Waals surface area contributed by atoms with Gasteiger partial charge in [-0.3, -0.25) is 9.59 Å². The summed E-state index contributed by atoms with van der Waals surface area (Å²) in [5.74, 6) is -0.208. The van der Waals surface area contributed by atoms with Crippen molar-refractivity contribution in [1.82, 2.24) is 5.32 Å². The number of carbonyl (C=O) groups excluding carboxylic acids is 2. The Hall–Kier alpha value is -2.44. The molecule has 2 amide bonds. The van der Waals surface area contributed by atoms with Crippen molar-refractivity contribution in [3.05, 3.63) is 57.6 Å².